The van der Waals surface area contributed by atoms with E-state index in [-0.39, 0.29) is 6.61 Å². The molecule has 0 fully saturated rings. The Morgan fingerprint density at radius 1 is 1.25 bits per heavy atom. The third kappa shape index (κ3) is 6.44. The quantitative estimate of drug-likeness (QED) is 0.408. The largest absolute Gasteiger partial charge is 0.449 e. The molecule has 0 rings (SSSR count). The van der Waals surface area contributed by atoms with Gasteiger partial charge in [-0.15, -0.1) is 0 Å². The van der Waals surface area contributed by atoms with Gasteiger partial charge in [-0.1, -0.05) is 25.0 Å². The van der Waals surface area contributed by atoms with Crippen LogP contribution in [0.3, 0.4) is 0 Å². The van der Waals surface area contributed by atoms with Crippen LogP contribution in [-0.2, 0) is 19.1 Å². The highest BCUT2D eigenvalue weighted by molar-refractivity contribution is 5.82. The summed E-state index contributed by atoms with van der Waals surface area (Å²) < 4.78 is 9.56. The van der Waals surface area contributed by atoms with Gasteiger partial charge in [0.25, 0.3) is 0 Å². The molecule has 86 valence electrons. The van der Waals surface area contributed by atoms with E-state index in [1.54, 1.807) is 13.8 Å². The highest BCUT2D eigenvalue weighted by atomic mass is 16.6. The van der Waals surface area contributed by atoms with Crippen LogP contribution in [0.2, 0.25) is 0 Å². The van der Waals surface area contributed by atoms with Crippen molar-refractivity contribution in [3.05, 3.63) is 25.3 Å². The molecule has 0 N–H and O–H groups in total. The van der Waals surface area contributed by atoms with Gasteiger partial charge in [-0.05, 0) is 13.8 Å². The molecule has 4 heteroatoms. The van der Waals surface area contributed by atoms with Crippen molar-refractivity contribution in [1.29, 1.82) is 0 Å². The summed E-state index contributed by atoms with van der Waals surface area (Å²) in [4.78, 5) is 21.6. The van der Waals surface area contributed by atoms with Gasteiger partial charge >= 0.3 is 11.9 Å². The standard InChI is InChI=1S/C12H14O4/c1-5-10(13)15-9-7-8-12(3,4)16-11(14)6-2/h5-6H,1-2,9H2,3-4H3. The minimum absolute atomic E-state index is 0.0695. The van der Waals surface area contributed by atoms with Gasteiger partial charge in [-0.3, -0.25) is 0 Å². The van der Waals surface area contributed by atoms with Crippen molar-refractivity contribution in [2.24, 2.45) is 0 Å². The molecule has 0 atom stereocenters. The van der Waals surface area contributed by atoms with Crippen LogP contribution in [-0.4, -0.2) is 24.1 Å². The molecule has 0 aromatic heterocycles. The molecule has 0 unspecified atom stereocenters. The number of hydrogen-bond donors (Lipinski definition) is 0. The molecular weight excluding hydrogens is 208 g/mol. The molecule has 4 nitrogen and oxygen atoms in total. The molecule has 0 aromatic rings. The van der Waals surface area contributed by atoms with E-state index in [0.29, 0.717) is 0 Å². The van der Waals surface area contributed by atoms with Crippen LogP contribution in [0.5, 0.6) is 0 Å². The first-order valence-electron chi connectivity index (χ1n) is 4.56. The lowest BCUT2D eigenvalue weighted by molar-refractivity contribution is -0.145. The summed E-state index contributed by atoms with van der Waals surface area (Å²) in [5, 5.41) is 0. The molecule has 0 heterocycles. The monoisotopic (exact) mass is 222 g/mol. The number of esters is 2. The summed E-state index contributed by atoms with van der Waals surface area (Å²) in [6, 6.07) is 0. The van der Waals surface area contributed by atoms with Gasteiger partial charge in [-0.25, -0.2) is 9.59 Å². The molecule has 0 bridgehead atoms. The van der Waals surface area contributed by atoms with E-state index in [4.69, 9.17) is 4.74 Å². The summed E-state index contributed by atoms with van der Waals surface area (Å²) in [5.41, 5.74) is -0.939. The van der Waals surface area contributed by atoms with Crippen LogP contribution in [0.4, 0.5) is 0 Å². The van der Waals surface area contributed by atoms with Gasteiger partial charge < -0.3 is 9.47 Å². The maximum atomic E-state index is 10.9. The van der Waals surface area contributed by atoms with Crippen LogP contribution >= 0.6 is 0 Å². The number of ether oxygens (including phenoxy) is 2. The average Bonchev–Trinajstić information content (AvgIpc) is 2.23. The van der Waals surface area contributed by atoms with E-state index in [2.05, 4.69) is 29.7 Å². The minimum Gasteiger partial charge on any atom is -0.449 e. The van der Waals surface area contributed by atoms with Crippen LogP contribution in [0.15, 0.2) is 25.3 Å². The maximum absolute atomic E-state index is 10.9. The summed E-state index contributed by atoms with van der Waals surface area (Å²) >= 11 is 0. The summed E-state index contributed by atoms with van der Waals surface area (Å²) in [5.74, 6) is 4.12. The third-order valence-corrected chi connectivity index (χ3v) is 1.37. The Bertz CT molecular complexity index is 355. The zero-order valence-electron chi connectivity index (χ0n) is 9.41. The van der Waals surface area contributed by atoms with Gasteiger partial charge in [0.15, 0.2) is 12.2 Å². The molecular formula is C12H14O4. The summed E-state index contributed by atoms with van der Waals surface area (Å²) in [6.07, 6.45) is 2.10. The topological polar surface area (TPSA) is 52.6 Å². The fourth-order valence-corrected chi connectivity index (χ4v) is 0.734. The van der Waals surface area contributed by atoms with Gasteiger partial charge in [0.1, 0.15) is 0 Å². The zero-order chi connectivity index (χ0) is 12.6. The molecule has 0 saturated carbocycles. The van der Waals surface area contributed by atoms with Crippen LogP contribution in [0.1, 0.15) is 13.8 Å². The third-order valence-electron chi connectivity index (χ3n) is 1.37. The van der Waals surface area contributed by atoms with E-state index in [9.17, 15) is 9.59 Å². The second kappa shape index (κ2) is 6.46. The predicted octanol–water partition coefficient (Wildman–Crippen LogP) is 1.23. The van der Waals surface area contributed by atoms with E-state index in [1.807, 2.05) is 0 Å². The van der Waals surface area contributed by atoms with E-state index in [0.717, 1.165) is 12.2 Å². The number of hydrogen-bond acceptors (Lipinski definition) is 4. The lowest BCUT2D eigenvalue weighted by atomic mass is 10.1. The molecule has 0 amide bonds. The lowest BCUT2D eigenvalue weighted by Crippen LogP contribution is -2.25. The second-order valence-electron chi connectivity index (χ2n) is 3.25. The second-order valence-corrected chi connectivity index (χ2v) is 3.25. The Kier molecular flexibility index (Phi) is 5.65. The Balaban J connectivity index is 4.19. The highest BCUT2D eigenvalue weighted by Crippen LogP contribution is 2.07. The van der Waals surface area contributed by atoms with Gasteiger partial charge in [0, 0.05) is 12.2 Å². The summed E-state index contributed by atoms with van der Waals surface area (Å²) in [7, 11) is 0. The SMILES string of the molecule is C=CC(=O)OCC#CC(C)(C)OC(=O)C=C. The molecule has 0 aliphatic carbocycles. The van der Waals surface area contributed by atoms with Crippen molar-refractivity contribution in [3.63, 3.8) is 0 Å². The molecule has 0 aliphatic rings. The highest BCUT2D eigenvalue weighted by Gasteiger charge is 2.17. The first-order chi connectivity index (χ1) is 7.41. The van der Waals surface area contributed by atoms with Gasteiger partial charge in [0.05, 0.1) is 0 Å². The number of carbonyl (C=O) groups excluding carboxylic acids is 2. The fourth-order valence-electron chi connectivity index (χ4n) is 0.734. The average molecular weight is 222 g/mol. The smallest absolute Gasteiger partial charge is 0.331 e. The predicted molar refractivity (Wildman–Crippen MR) is 59.3 cm³/mol. The van der Waals surface area contributed by atoms with E-state index < -0.39 is 17.5 Å². The Morgan fingerprint density at radius 3 is 2.31 bits per heavy atom. The van der Waals surface area contributed by atoms with Crippen molar-refractivity contribution in [1.82, 2.24) is 0 Å². The molecule has 0 aromatic carbocycles. The van der Waals surface area contributed by atoms with Crippen molar-refractivity contribution in [2.75, 3.05) is 6.61 Å². The Labute approximate surface area is 94.9 Å². The first-order valence-corrected chi connectivity index (χ1v) is 4.56. The van der Waals surface area contributed by atoms with Crippen LogP contribution in [0.25, 0.3) is 0 Å². The molecule has 0 spiro atoms. The van der Waals surface area contributed by atoms with Crippen molar-refractivity contribution < 1.29 is 19.1 Å². The normalized spacial score (nSPS) is 9.38. The Morgan fingerprint density at radius 2 is 1.81 bits per heavy atom. The number of rotatable bonds is 4. The molecule has 0 radical (unpaired) electrons. The molecule has 16 heavy (non-hydrogen) atoms. The maximum Gasteiger partial charge on any atom is 0.331 e. The first kappa shape index (κ1) is 14.0. The lowest BCUT2D eigenvalue weighted by Gasteiger charge is -2.17. The summed E-state index contributed by atoms with van der Waals surface area (Å²) in [6.45, 7) is 9.68. The van der Waals surface area contributed by atoms with E-state index >= 15 is 0 Å². The zero-order valence-corrected chi connectivity index (χ0v) is 9.41. The number of carbonyl (C=O) groups is 2. The van der Waals surface area contributed by atoms with E-state index in [1.165, 1.54) is 0 Å². The Hall–Kier alpha value is -2.02. The van der Waals surface area contributed by atoms with Crippen LogP contribution in [0, 0.1) is 11.8 Å². The van der Waals surface area contributed by atoms with Gasteiger partial charge in [-0.2, -0.15) is 0 Å². The van der Waals surface area contributed by atoms with Crippen LogP contribution < -0.4 is 0 Å². The van der Waals surface area contributed by atoms with Crippen molar-refractivity contribution in [3.8, 4) is 11.8 Å². The van der Waals surface area contributed by atoms with Crippen molar-refractivity contribution in [2.45, 2.75) is 19.4 Å². The van der Waals surface area contributed by atoms with Gasteiger partial charge in [0.2, 0.25) is 0 Å². The molecule has 0 aliphatic heterocycles. The molecule has 0 saturated heterocycles. The fraction of sp³-hybridized carbons (Fsp3) is 0.333. The van der Waals surface area contributed by atoms with Crippen molar-refractivity contribution >= 4 is 11.9 Å². The minimum atomic E-state index is -0.939.